The topological polar surface area (TPSA) is 44.5 Å². The van der Waals surface area contributed by atoms with Crippen LogP contribution in [-0.2, 0) is 5.41 Å². The number of benzene rings is 1. The molecule has 2 aliphatic rings. The van der Waals surface area contributed by atoms with E-state index < -0.39 is 0 Å². The maximum atomic E-state index is 6.14. The molecule has 0 saturated heterocycles. The van der Waals surface area contributed by atoms with Crippen molar-refractivity contribution in [2.75, 3.05) is 20.8 Å². The molecule has 2 fully saturated rings. The van der Waals surface area contributed by atoms with Crippen molar-refractivity contribution in [3.63, 3.8) is 0 Å². The lowest BCUT2D eigenvalue weighted by molar-refractivity contribution is 0.0327. The maximum Gasteiger partial charge on any atom is 0.161 e. The van der Waals surface area contributed by atoms with Crippen LogP contribution >= 0.6 is 0 Å². The van der Waals surface area contributed by atoms with E-state index in [9.17, 15) is 0 Å². The van der Waals surface area contributed by atoms with Crippen LogP contribution in [0.4, 0.5) is 0 Å². The van der Waals surface area contributed by atoms with Gasteiger partial charge in [0.25, 0.3) is 0 Å². The van der Waals surface area contributed by atoms with Gasteiger partial charge >= 0.3 is 0 Å². The summed E-state index contributed by atoms with van der Waals surface area (Å²) in [7, 11) is 3.36. The average molecular weight is 275 g/mol. The highest BCUT2D eigenvalue weighted by molar-refractivity contribution is 5.46. The molecule has 0 atom stereocenters. The standard InChI is InChI=1S/C17H25NO2/c1-19-14-6-5-13(9-15(14)20-2)17(12-18)10-16(11-17)7-3-4-8-16/h5-6,9H,3-4,7-8,10-12,18H2,1-2H3. The highest BCUT2D eigenvalue weighted by Gasteiger charge is 2.55. The van der Waals surface area contributed by atoms with Gasteiger partial charge in [-0.2, -0.15) is 0 Å². The molecule has 3 nitrogen and oxygen atoms in total. The summed E-state index contributed by atoms with van der Waals surface area (Å²) in [5.41, 5.74) is 8.20. The van der Waals surface area contributed by atoms with Gasteiger partial charge < -0.3 is 15.2 Å². The van der Waals surface area contributed by atoms with Gasteiger partial charge in [-0.3, -0.25) is 0 Å². The van der Waals surface area contributed by atoms with Gasteiger partial charge in [-0.05, 0) is 48.8 Å². The largest absolute Gasteiger partial charge is 0.493 e. The van der Waals surface area contributed by atoms with Gasteiger partial charge in [0.1, 0.15) is 0 Å². The minimum absolute atomic E-state index is 0.157. The maximum absolute atomic E-state index is 6.14. The number of hydrogen-bond donors (Lipinski definition) is 1. The SMILES string of the molecule is COc1ccc(C2(CN)CC3(CCCC3)C2)cc1OC. The Hall–Kier alpha value is -1.22. The average Bonchev–Trinajstić information content (AvgIpc) is 2.93. The summed E-state index contributed by atoms with van der Waals surface area (Å²) in [5, 5.41) is 0. The van der Waals surface area contributed by atoms with Crippen molar-refractivity contribution in [1.82, 2.24) is 0 Å². The van der Waals surface area contributed by atoms with Crippen molar-refractivity contribution in [1.29, 1.82) is 0 Å². The second kappa shape index (κ2) is 4.96. The molecule has 20 heavy (non-hydrogen) atoms. The van der Waals surface area contributed by atoms with E-state index in [-0.39, 0.29) is 5.41 Å². The van der Waals surface area contributed by atoms with E-state index in [0.29, 0.717) is 5.41 Å². The third-order valence-corrected chi connectivity index (χ3v) is 5.48. The lowest BCUT2D eigenvalue weighted by atomic mass is 9.49. The van der Waals surface area contributed by atoms with E-state index in [1.165, 1.54) is 44.1 Å². The van der Waals surface area contributed by atoms with Crippen molar-refractivity contribution in [2.45, 2.75) is 43.9 Å². The molecule has 1 aromatic carbocycles. The Morgan fingerprint density at radius 2 is 1.70 bits per heavy atom. The number of hydrogen-bond acceptors (Lipinski definition) is 3. The molecule has 0 amide bonds. The van der Waals surface area contributed by atoms with Crippen molar-refractivity contribution >= 4 is 0 Å². The number of methoxy groups -OCH3 is 2. The molecule has 0 heterocycles. The van der Waals surface area contributed by atoms with E-state index in [1.807, 2.05) is 6.07 Å². The zero-order valence-electron chi connectivity index (χ0n) is 12.6. The first-order chi connectivity index (χ1) is 9.67. The fraction of sp³-hybridized carbons (Fsp3) is 0.647. The van der Waals surface area contributed by atoms with Gasteiger partial charge in [-0.25, -0.2) is 0 Å². The molecule has 0 aromatic heterocycles. The van der Waals surface area contributed by atoms with Gasteiger partial charge in [0.15, 0.2) is 11.5 Å². The Bertz CT molecular complexity index is 484. The third-order valence-electron chi connectivity index (χ3n) is 5.48. The molecule has 0 aliphatic heterocycles. The lowest BCUT2D eigenvalue weighted by Crippen LogP contribution is -2.52. The van der Waals surface area contributed by atoms with Crippen molar-refractivity contribution in [3.8, 4) is 11.5 Å². The molecule has 1 spiro atoms. The lowest BCUT2D eigenvalue weighted by Gasteiger charge is -2.55. The van der Waals surface area contributed by atoms with Crippen molar-refractivity contribution in [2.24, 2.45) is 11.1 Å². The van der Waals surface area contributed by atoms with Crippen LogP contribution in [0, 0.1) is 5.41 Å². The van der Waals surface area contributed by atoms with Crippen molar-refractivity contribution < 1.29 is 9.47 Å². The first-order valence-electron chi connectivity index (χ1n) is 7.60. The summed E-state index contributed by atoms with van der Waals surface area (Å²) in [4.78, 5) is 0. The van der Waals surface area contributed by atoms with Gasteiger partial charge in [0.2, 0.25) is 0 Å². The number of nitrogens with two attached hydrogens (primary N) is 1. The van der Waals surface area contributed by atoms with Crippen LogP contribution in [0.5, 0.6) is 11.5 Å². The van der Waals surface area contributed by atoms with Crippen LogP contribution in [0.15, 0.2) is 18.2 Å². The van der Waals surface area contributed by atoms with E-state index in [2.05, 4.69) is 12.1 Å². The second-order valence-electron chi connectivity index (χ2n) is 6.61. The molecule has 110 valence electrons. The Morgan fingerprint density at radius 1 is 1.05 bits per heavy atom. The molecule has 3 heteroatoms. The fourth-order valence-electron chi connectivity index (χ4n) is 4.49. The van der Waals surface area contributed by atoms with E-state index in [0.717, 1.165) is 18.0 Å². The summed E-state index contributed by atoms with van der Waals surface area (Å²) in [6.07, 6.45) is 8.06. The molecule has 3 rings (SSSR count). The summed E-state index contributed by atoms with van der Waals surface area (Å²) in [6, 6.07) is 6.29. The van der Waals surface area contributed by atoms with E-state index in [4.69, 9.17) is 15.2 Å². The predicted molar refractivity (Wildman–Crippen MR) is 80.4 cm³/mol. The van der Waals surface area contributed by atoms with Gasteiger partial charge in [-0.1, -0.05) is 18.9 Å². The molecule has 2 aliphatic carbocycles. The minimum atomic E-state index is 0.157. The monoisotopic (exact) mass is 275 g/mol. The molecular formula is C17H25NO2. The zero-order chi connectivity index (χ0) is 14.2. The molecule has 0 unspecified atom stereocenters. The van der Waals surface area contributed by atoms with Crippen LogP contribution in [0.3, 0.4) is 0 Å². The van der Waals surface area contributed by atoms with Crippen LogP contribution in [0.25, 0.3) is 0 Å². The highest BCUT2D eigenvalue weighted by atomic mass is 16.5. The zero-order valence-corrected chi connectivity index (χ0v) is 12.6. The Kier molecular flexibility index (Phi) is 3.41. The Morgan fingerprint density at radius 3 is 2.25 bits per heavy atom. The molecule has 2 saturated carbocycles. The van der Waals surface area contributed by atoms with Crippen LogP contribution in [0.1, 0.15) is 44.1 Å². The number of rotatable bonds is 4. The molecular weight excluding hydrogens is 250 g/mol. The summed E-state index contributed by atoms with van der Waals surface area (Å²) >= 11 is 0. The smallest absolute Gasteiger partial charge is 0.161 e. The first kappa shape index (κ1) is 13.7. The van der Waals surface area contributed by atoms with Crippen LogP contribution in [-0.4, -0.2) is 20.8 Å². The second-order valence-corrected chi connectivity index (χ2v) is 6.61. The predicted octanol–water partition coefficient (Wildman–Crippen LogP) is 3.25. The minimum Gasteiger partial charge on any atom is -0.493 e. The fourth-order valence-corrected chi connectivity index (χ4v) is 4.49. The molecule has 2 N–H and O–H groups in total. The Balaban J connectivity index is 1.87. The van der Waals surface area contributed by atoms with Crippen LogP contribution in [0.2, 0.25) is 0 Å². The quantitative estimate of drug-likeness (QED) is 0.917. The van der Waals surface area contributed by atoms with E-state index >= 15 is 0 Å². The highest BCUT2D eigenvalue weighted by Crippen LogP contribution is 2.62. The molecule has 0 bridgehead atoms. The van der Waals surface area contributed by atoms with Crippen molar-refractivity contribution in [3.05, 3.63) is 23.8 Å². The summed E-state index contributed by atoms with van der Waals surface area (Å²) in [5.74, 6) is 1.60. The normalized spacial score (nSPS) is 22.6. The van der Waals surface area contributed by atoms with Gasteiger partial charge in [0.05, 0.1) is 14.2 Å². The molecule has 0 radical (unpaired) electrons. The van der Waals surface area contributed by atoms with Gasteiger partial charge in [-0.15, -0.1) is 0 Å². The third kappa shape index (κ3) is 1.99. The summed E-state index contributed by atoms with van der Waals surface area (Å²) in [6.45, 7) is 0.726. The summed E-state index contributed by atoms with van der Waals surface area (Å²) < 4.78 is 10.8. The van der Waals surface area contributed by atoms with Crippen LogP contribution < -0.4 is 15.2 Å². The first-order valence-corrected chi connectivity index (χ1v) is 7.60. The Labute approximate surface area is 121 Å². The van der Waals surface area contributed by atoms with E-state index in [1.54, 1.807) is 14.2 Å². The molecule has 1 aromatic rings. The number of ether oxygens (including phenoxy) is 2. The van der Waals surface area contributed by atoms with Gasteiger partial charge in [0, 0.05) is 12.0 Å².